The van der Waals surface area contributed by atoms with E-state index in [1.807, 2.05) is 19.1 Å². The number of aliphatic carboxylic acids is 1. The smallest absolute Gasteiger partial charge is 0.347 e. The van der Waals surface area contributed by atoms with Crippen LogP contribution in [0.2, 0.25) is 0 Å². The van der Waals surface area contributed by atoms with Crippen LogP contribution in [0.25, 0.3) is 0 Å². The summed E-state index contributed by atoms with van der Waals surface area (Å²) in [6, 6.07) is 12.0. The number of nitrogens with zero attached hydrogens (tertiary/aromatic N) is 1. The second-order valence-electron chi connectivity index (χ2n) is 7.48. The van der Waals surface area contributed by atoms with Crippen LogP contribution < -0.4 is 19.5 Å². The van der Waals surface area contributed by atoms with Gasteiger partial charge in [-0.2, -0.15) is 0 Å². The number of rotatable bonds is 10. The minimum atomic E-state index is -1.33. The second kappa shape index (κ2) is 10.6. The first-order valence-electron chi connectivity index (χ1n) is 9.99. The molecule has 2 aromatic carbocycles. The fourth-order valence-electron chi connectivity index (χ4n) is 2.84. The monoisotopic (exact) mass is 430 g/mol. The highest BCUT2D eigenvalue weighted by molar-refractivity contribution is 5.91. The number of benzene rings is 2. The third-order valence-corrected chi connectivity index (χ3v) is 4.62. The number of anilines is 1. The van der Waals surface area contributed by atoms with E-state index in [2.05, 4.69) is 5.32 Å². The van der Waals surface area contributed by atoms with Crippen molar-refractivity contribution in [3.63, 3.8) is 0 Å². The predicted octanol–water partition coefficient (Wildman–Crippen LogP) is 4.39. The summed E-state index contributed by atoms with van der Waals surface area (Å²) in [5.74, 6) is 0.544. The van der Waals surface area contributed by atoms with Gasteiger partial charge in [0, 0.05) is 19.2 Å². The van der Waals surface area contributed by atoms with Gasteiger partial charge >= 0.3 is 12.0 Å². The SMILES string of the molecule is CCCN(Cc1ccc(OC(C)(C)C(=O)O)cc1)C(=O)Nc1ccc(OC)cc1OC. The molecule has 0 radical (unpaired) electrons. The van der Waals surface area contributed by atoms with Crippen LogP contribution >= 0.6 is 0 Å². The average Bonchev–Trinajstić information content (AvgIpc) is 2.74. The van der Waals surface area contributed by atoms with E-state index in [9.17, 15) is 14.7 Å². The molecule has 0 aromatic heterocycles. The molecule has 0 aliphatic heterocycles. The Morgan fingerprint density at radius 1 is 1.03 bits per heavy atom. The van der Waals surface area contributed by atoms with E-state index in [1.54, 1.807) is 42.3 Å². The van der Waals surface area contributed by atoms with Gasteiger partial charge in [-0.15, -0.1) is 0 Å². The zero-order chi connectivity index (χ0) is 23.0. The van der Waals surface area contributed by atoms with Gasteiger partial charge in [-0.25, -0.2) is 9.59 Å². The topological polar surface area (TPSA) is 97.3 Å². The quantitative estimate of drug-likeness (QED) is 0.580. The fraction of sp³-hybridized carbons (Fsp3) is 0.391. The Balaban J connectivity index is 2.10. The summed E-state index contributed by atoms with van der Waals surface area (Å²) in [4.78, 5) is 25.8. The third-order valence-electron chi connectivity index (χ3n) is 4.62. The highest BCUT2D eigenvalue weighted by Crippen LogP contribution is 2.29. The van der Waals surface area contributed by atoms with Crippen LogP contribution in [0.1, 0.15) is 32.8 Å². The van der Waals surface area contributed by atoms with Gasteiger partial charge in [-0.1, -0.05) is 19.1 Å². The lowest BCUT2D eigenvalue weighted by Crippen LogP contribution is -2.37. The molecule has 0 heterocycles. The van der Waals surface area contributed by atoms with Gasteiger partial charge in [-0.05, 0) is 50.1 Å². The minimum absolute atomic E-state index is 0.252. The predicted molar refractivity (Wildman–Crippen MR) is 118 cm³/mol. The summed E-state index contributed by atoms with van der Waals surface area (Å²) in [5, 5.41) is 12.1. The van der Waals surface area contributed by atoms with Crippen LogP contribution in [-0.2, 0) is 11.3 Å². The van der Waals surface area contributed by atoms with Crippen LogP contribution in [0.5, 0.6) is 17.2 Å². The first-order chi connectivity index (χ1) is 14.7. The van der Waals surface area contributed by atoms with Crippen molar-refractivity contribution in [2.75, 3.05) is 26.1 Å². The van der Waals surface area contributed by atoms with Crippen LogP contribution in [0.15, 0.2) is 42.5 Å². The van der Waals surface area contributed by atoms with Crippen LogP contribution in [-0.4, -0.2) is 48.4 Å². The average molecular weight is 431 g/mol. The van der Waals surface area contributed by atoms with Crippen molar-refractivity contribution in [3.8, 4) is 17.2 Å². The van der Waals surface area contributed by atoms with E-state index < -0.39 is 11.6 Å². The lowest BCUT2D eigenvalue weighted by molar-refractivity contribution is -0.152. The van der Waals surface area contributed by atoms with Crippen molar-refractivity contribution in [2.45, 2.75) is 39.3 Å². The van der Waals surface area contributed by atoms with Gasteiger partial charge < -0.3 is 29.5 Å². The Morgan fingerprint density at radius 3 is 2.23 bits per heavy atom. The van der Waals surface area contributed by atoms with Gasteiger partial charge in [0.25, 0.3) is 0 Å². The summed E-state index contributed by atoms with van der Waals surface area (Å²) >= 11 is 0. The van der Waals surface area contributed by atoms with Crippen LogP contribution in [0.3, 0.4) is 0 Å². The van der Waals surface area contributed by atoms with E-state index in [-0.39, 0.29) is 6.03 Å². The lowest BCUT2D eigenvalue weighted by atomic mass is 10.1. The molecule has 0 aliphatic rings. The molecule has 2 N–H and O–H groups in total. The van der Waals surface area contributed by atoms with Crippen molar-refractivity contribution >= 4 is 17.7 Å². The Hall–Kier alpha value is -3.42. The molecule has 0 fully saturated rings. The van der Waals surface area contributed by atoms with E-state index in [0.29, 0.717) is 36.0 Å². The maximum Gasteiger partial charge on any atom is 0.347 e. The number of amides is 2. The summed E-state index contributed by atoms with van der Waals surface area (Å²) in [5.41, 5.74) is 0.118. The number of hydrogen-bond acceptors (Lipinski definition) is 5. The van der Waals surface area contributed by atoms with Gasteiger partial charge in [0.2, 0.25) is 0 Å². The first-order valence-corrected chi connectivity index (χ1v) is 9.99. The molecule has 31 heavy (non-hydrogen) atoms. The molecule has 0 bridgehead atoms. The molecular weight excluding hydrogens is 400 g/mol. The molecule has 0 saturated carbocycles. The Morgan fingerprint density at radius 2 is 1.68 bits per heavy atom. The fourth-order valence-corrected chi connectivity index (χ4v) is 2.84. The maximum absolute atomic E-state index is 12.9. The van der Waals surface area contributed by atoms with Gasteiger partial charge in [0.15, 0.2) is 5.60 Å². The molecule has 0 unspecified atom stereocenters. The number of carboxylic acids is 1. The molecular formula is C23H30N2O6. The molecule has 0 spiro atoms. The van der Waals surface area contributed by atoms with E-state index >= 15 is 0 Å². The normalized spacial score (nSPS) is 10.9. The highest BCUT2D eigenvalue weighted by atomic mass is 16.5. The Labute approximate surface area is 182 Å². The largest absolute Gasteiger partial charge is 0.497 e. The van der Waals surface area contributed by atoms with E-state index in [1.165, 1.54) is 21.0 Å². The number of carboxylic acid groups (broad SMARTS) is 1. The van der Waals surface area contributed by atoms with Crippen LogP contribution in [0.4, 0.5) is 10.5 Å². The second-order valence-corrected chi connectivity index (χ2v) is 7.48. The number of methoxy groups -OCH3 is 2. The zero-order valence-corrected chi connectivity index (χ0v) is 18.6. The molecule has 2 amide bonds. The molecule has 8 heteroatoms. The van der Waals surface area contributed by atoms with E-state index in [0.717, 1.165) is 12.0 Å². The van der Waals surface area contributed by atoms with Gasteiger partial charge in [0.05, 0.1) is 19.9 Å². The number of hydrogen-bond donors (Lipinski definition) is 2. The minimum Gasteiger partial charge on any atom is -0.497 e. The standard InChI is InChI=1S/C23H30N2O6/c1-6-13-25(22(28)24-19-12-11-18(29-4)14-20(19)30-5)15-16-7-9-17(10-8-16)31-23(2,3)21(26)27/h7-12,14H,6,13,15H2,1-5H3,(H,24,28)(H,26,27). The summed E-state index contributed by atoms with van der Waals surface area (Å²) in [7, 11) is 3.10. The molecule has 2 aromatic rings. The van der Waals surface area contributed by atoms with Crippen molar-refractivity contribution in [1.29, 1.82) is 0 Å². The zero-order valence-electron chi connectivity index (χ0n) is 18.6. The highest BCUT2D eigenvalue weighted by Gasteiger charge is 2.29. The maximum atomic E-state index is 12.9. The van der Waals surface area contributed by atoms with Crippen molar-refractivity contribution in [1.82, 2.24) is 4.90 Å². The van der Waals surface area contributed by atoms with Crippen LogP contribution in [0, 0.1) is 0 Å². The number of ether oxygens (including phenoxy) is 3. The molecule has 8 nitrogen and oxygen atoms in total. The molecule has 0 aliphatic carbocycles. The van der Waals surface area contributed by atoms with Crippen molar-refractivity contribution < 1.29 is 28.9 Å². The number of urea groups is 1. The Bertz CT molecular complexity index is 895. The Kier molecular flexibility index (Phi) is 8.13. The molecule has 168 valence electrons. The van der Waals surface area contributed by atoms with Gasteiger partial charge in [0.1, 0.15) is 17.2 Å². The van der Waals surface area contributed by atoms with Crippen molar-refractivity contribution in [2.24, 2.45) is 0 Å². The van der Waals surface area contributed by atoms with Crippen molar-refractivity contribution in [3.05, 3.63) is 48.0 Å². The number of nitrogens with one attached hydrogen (secondary N) is 1. The number of carbonyl (C=O) groups excluding carboxylic acids is 1. The van der Waals surface area contributed by atoms with Gasteiger partial charge in [-0.3, -0.25) is 0 Å². The molecule has 0 atom stereocenters. The number of carbonyl (C=O) groups is 2. The summed E-state index contributed by atoms with van der Waals surface area (Å²) in [6.45, 7) is 5.93. The lowest BCUT2D eigenvalue weighted by Gasteiger charge is -2.24. The third kappa shape index (κ3) is 6.53. The molecule has 2 rings (SSSR count). The summed E-state index contributed by atoms with van der Waals surface area (Å²) in [6.07, 6.45) is 0.793. The first kappa shape index (κ1) is 23.9. The molecule has 0 saturated heterocycles. The summed E-state index contributed by atoms with van der Waals surface area (Å²) < 4.78 is 16.1. The van der Waals surface area contributed by atoms with E-state index in [4.69, 9.17) is 14.2 Å².